The van der Waals surface area contributed by atoms with Gasteiger partial charge in [0.2, 0.25) is 4.80 Å². The third kappa shape index (κ3) is 5.41. The Morgan fingerprint density at radius 3 is 2.58 bits per heavy atom. The molecule has 1 aliphatic heterocycles. The van der Waals surface area contributed by atoms with Crippen LogP contribution in [0.3, 0.4) is 0 Å². The van der Waals surface area contributed by atoms with Crippen molar-refractivity contribution in [2.75, 3.05) is 6.61 Å². The molecule has 0 saturated carbocycles. The van der Waals surface area contributed by atoms with Crippen LogP contribution >= 0.6 is 22.9 Å². The molecule has 36 heavy (non-hydrogen) atoms. The zero-order chi connectivity index (χ0) is 26.2. The zero-order valence-electron chi connectivity index (χ0n) is 20.4. The summed E-state index contributed by atoms with van der Waals surface area (Å²) in [4.78, 5) is 42.3. The molecule has 0 aliphatic carbocycles. The Hall–Kier alpha value is -2.92. The summed E-state index contributed by atoms with van der Waals surface area (Å²) in [5.41, 5.74) is -0.879. The summed E-state index contributed by atoms with van der Waals surface area (Å²) in [6.45, 7) is 7.96. The van der Waals surface area contributed by atoms with Crippen LogP contribution in [0.15, 0.2) is 26.3 Å². The van der Waals surface area contributed by atoms with Crippen LogP contribution in [0.25, 0.3) is 11.0 Å². The number of benzene rings is 1. The first-order valence-electron chi connectivity index (χ1n) is 11.6. The maximum atomic E-state index is 15.0. The molecule has 4 rings (SSSR count). The summed E-state index contributed by atoms with van der Waals surface area (Å²) in [6, 6.07) is 2.66. The number of rotatable bonds is 6. The van der Waals surface area contributed by atoms with Gasteiger partial charge in [0.25, 0.3) is 0 Å². The molecular weight excluding hydrogens is 513 g/mol. The fourth-order valence-electron chi connectivity index (χ4n) is 3.96. The van der Waals surface area contributed by atoms with E-state index in [1.54, 1.807) is 37.1 Å². The maximum absolute atomic E-state index is 15.0. The van der Waals surface area contributed by atoms with E-state index >= 15 is 4.39 Å². The van der Waals surface area contributed by atoms with E-state index in [1.165, 1.54) is 6.07 Å². The number of fused-ring (bicyclic) bond motifs is 2. The summed E-state index contributed by atoms with van der Waals surface area (Å²) in [6.07, 6.45) is 1.59. The minimum absolute atomic E-state index is 0.0535. The molecular formula is C24H27ClFN3O6S. The van der Waals surface area contributed by atoms with E-state index in [4.69, 9.17) is 25.5 Å². The summed E-state index contributed by atoms with van der Waals surface area (Å²) in [5.74, 6) is -3.31. The molecule has 0 saturated heterocycles. The van der Waals surface area contributed by atoms with Crippen LogP contribution in [-0.4, -0.2) is 33.5 Å². The molecule has 0 N–H and O–H groups in total. The molecule has 0 radical (unpaired) electrons. The summed E-state index contributed by atoms with van der Waals surface area (Å²) < 4.78 is 34.7. The van der Waals surface area contributed by atoms with E-state index < -0.39 is 29.3 Å². The Kier molecular flexibility index (Phi) is 7.42. The number of nitrogens with zero attached hydrogens (tertiary/aromatic N) is 3. The number of hydrogen-bond acceptors (Lipinski definition) is 8. The van der Waals surface area contributed by atoms with Crippen molar-refractivity contribution in [2.24, 2.45) is 10.9 Å². The van der Waals surface area contributed by atoms with Gasteiger partial charge in [-0.1, -0.05) is 11.6 Å². The molecule has 1 atom stereocenters. The van der Waals surface area contributed by atoms with E-state index in [9.17, 15) is 14.4 Å². The second-order valence-electron chi connectivity index (χ2n) is 9.40. The SMILES string of the molecule is CCOC(=O)C(Cc1cc2c(Cl)cc(F)c(N=c3sc(=O)n4n3CCCC4)c2o1)C(=O)OC(C)(C)C. The fraction of sp³-hybridized carbons (Fsp3) is 0.500. The molecule has 9 nitrogen and oxygen atoms in total. The van der Waals surface area contributed by atoms with Gasteiger partial charge in [0.15, 0.2) is 17.3 Å². The Bertz CT molecular complexity index is 1440. The monoisotopic (exact) mass is 539 g/mol. The maximum Gasteiger partial charge on any atom is 0.325 e. The number of carbonyl (C=O) groups is 2. The lowest BCUT2D eigenvalue weighted by Gasteiger charge is -2.22. The fourth-order valence-corrected chi connectivity index (χ4v) is 5.08. The average Bonchev–Trinajstić information content (AvgIpc) is 3.35. The van der Waals surface area contributed by atoms with E-state index in [0.717, 1.165) is 30.2 Å². The van der Waals surface area contributed by atoms with E-state index in [0.29, 0.717) is 23.3 Å². The van der Waals surface area contributed by atoms with E-state index in [-0.39, 0.29) is 40.0 Å². The van der Waals surface area contributed by atoms with Gasteiger partial charge in [-0.05, 0) is 64.0 Å². The van der Waals surface area contributed by atoms with Crippen LogP contribution in [0.2, 0.25) is 5.02 Å². The minimum Gasteiger partial charge on any atom is -0.465 e. The van der Waals surface area contributed by atoms with Crippen LogP contribution in [0, 0.1) is 11.7 Å². The molecule has 0 fully saturated rings. The largest absolute Gasteiger partial charge is 0.465 e. The standard InChI is InChI=1S/C24H27ClFN3O6S/c1-5-33-20(30)15(21(31)35-24(2,3)4)11-13-10-14-16(25)12-17(26)18(19(14)34-13)27-22-28-8-6-7-9-29(28)23(32)36-22/h10,12,15H,5-9,11H2,1-4H3. The van der Waals surface area contributed by atoms with Gasteiger partial charge in [0.05, 0.1) is 11.6 Å². The van der Waals surface area contributed by atoms with Gasteiger partial charge in [0.1, 0.15) is 17.0 Å². The van der Waals surface area contributed by atoms with Crippen molar-refractivity contribution in [2.45, 2.75) is 65.6 Å². The Morgan fingerprint density at radius 1 is 1.22 bits per heavy atom. The van der Waals surface area contributed by atoms with Gasteiger partial charge in [0, 0.05) is 24.9 Å². The highest BCUT2D eigenvalue weighted by Gasteiger charge is 2.34. The summed E-state index contributed by atoms with van der Waals surface area (Å²) in [7, 11) is 0. The molecule has 1 unspecified atom stereocenters. The molecule has 194 valence electrons. The molecule has 12 heteroatoms. The topological polar surface area (TPSA) is 105 Å². The molecule has 0 amide bonds. The van der Waals surface area contributed by atoms with Gasteiger partial charge < -0.3 is 13.9 Å². The van der Waals surface area contributed by atoms with Crippen LogP contribution in [0.4, 0.5) is 10.1 Å². The Balaban J connectivity index is 1.78. The number of aromatic nitrogens is 2. The first-order chi connectivity index (χ1) is 17.0. The van der Waals surface area contributed by atoms with Crippen molar-refractivity contribution < 1.29 is 27.9 Å². The van der Waals surface area contributed by atoms with Gasteiger partial charge in [-0.2, -0.15) is 0 Å². The third-order valence-corrected chi connectivity index (χ3v) is 6.68. The lowest BCUT2D eigenvalue weighted by atomic mass is 10.0. The Morgan fingerprint density at radius 2 is 1.92 bits per heavy atom. The zero-order valence-corrected chi connectivity index (χ0v) is 22.0. The predicted octanol–water partition coefficient (Wildman–Crippen LogP) is 4.34. The lowest BCUT2D eigenvalue weighted by Crippen LogP contribution is -2.35. The van der Waals surface area contributed by atoms with E-state index in [1.807, 2.05) is 0 Å². The molecule has 0 spiro atoms. The number of hydrogen-bond donors (Lipinski definition) is 0. The first-order valence-corrected chi connectivity index (χ1v) is 12.8. The van der Waals surface area contributed by atoms with Gasteiger partial charge in [-0.3, -0.25) is 19.1 Å². The van der Waals surface area contributed by atoms with Crippen LogP contribution in [0.5, 0.6) is 0 Å². The van der Waals surface area contributed by atoms with Crippen molar-refractivity contribution in [3.63, 3.8) is 0 Å². The molecule has 3 heterocycles. The van der Waals surface area contributed by atoms with Crippen molar-refractivity contribution in [1.29, 1.82) is 0 Å². The normalized spacial score (nSPS) is 15.1. The predicted molar refractivity (Wildman–Crippen MR) is 132 cm³/mol. The molecule has 2 aromatic heterocycles. The molecule has 3 aromatic rings. The highest BCUT2D eigenvalue weighted by Crippen LogP contribution is 2.37. The number of carbonyl (C=O) groups excluding carboxylic acids is 2. The third-order valence-electron chi connectivity index (χ3n) is 5.50. The van der Waals surface area contributed by atoms with E-state index in [2.05, 4.69) is 4.99 Å². The van der Waals surface area contributed by atoms with Gasteiger partial charge >= 0.3 is 16.8 Å². The Labute approximate surface area is 215 Å². The minimum atomic E-state index is -1.28. The van der Waals surface area contributed by atoms with Crippen LogP contribution in [0.1, 0.15) is 46.3 Å². The first kappa shape index (κ1) is 26.2. The van der Waals surface area contributed by atoms with Crippen molar-refractivity contribution in [3.05, 3.63) is 43.2 Å². The highest BCUT2D eigenvalue weighted by molar-refractivity contribution is 7.06. The van der Waals surface area contributed by atoms with Crippen LogP contribution < -0.4 is 9.67 Å². The van der Waals surface area contributed by atoms with Crippen molar-refractivity contribution in [3.8, 4) is 0 Å². The van der Waals surface area contributed by atoms with Gasteiger partial charge in [-0.15, -0.1) is 0 Å². The van der Waals surface area contributed by atoms with Crippen LogP contribution in [-0.2, 0) is 38.6 Å². The number of furan rings is 1. The summed E-state index contributed by atoms with van der Waals surface area (Å²) in [5, 5.41) is 0.449. The number of halogens is 2. The number of ether oxygens (including phenoxy) is 2. The van der Waals surface area contributed by atoms with Crippen molar-refractivity contribution >= 4 is 51.5 Å². The average molecular weight is 540 g/mol. The molecule has 1 aliphatic rings. The highest BCUT2D eigenvalue weighted by atomic mass is 35.5. The smallest absolute Gasteiger partial charge is 0.325 e. The number of esters is 2. The van der Waals surface area contributed by atoms with Gasteiger partial charge in [-0.25, -0.2) is 14.1 Å². The molecule has 1 aromatic carbocycles. The second-order valence-corrected chi connectivity index (χ2v) is 10.7. The lowest BCUT2D eigenvalue weighted by molar-refractivity contribution is -0.169. The quantitative estimate of drug-likeness (QED) is 0.341. The molecule has 0 bridgehead atoms. The second kappa shape index (κ2) is 10.2. The van der Waals surface area contributed by atoms with Crippen molar-refractivity contribution in [1.82, 2.24) is 9.36 Å². The summed E-state index contributed by atoms with van der Waals surface area (Å²) >= 11 is 7.21.